The summed E-state index contributed by atoms with van der Waals surface area (Å²) in [5, 5.41) is 0. The second kappa shape index (κ2) is 10.5. The predicted octanol–water partition coefficient (Wildman–Crippen LogP) is 6.01. The zero-order valence-electron chi connectivity index (χ0n) is 22.9. The van der Waals surface area contributed by atoms with Crippen LogP contribution in [0.2, 0.25) is 0 Å². The van der Waals surface area contributed by atoms with Gasteiger partial charge in [-0.1, -0.05) is 46.3 Å². The monoisotopic (exact) mass is 562 g/mol. The smallest absolute Gasteiger partial charge is 0.264 e. The quantitative estimate of drug-likeness (QED) is 0.258. The predicted molar refractivity (Wildman–Crippen MR) is 141 cm³/mol. The molecule has 0 heterocycles. The maximum Gasteiger partial charge on any atom is 0.397 e. The Balaban J connectivity index is 1.44. The fraction of sp³-hybridized carbons (Fsp3) is 0.926. The molecule has 3 fully saturated rings. The highest BCUT2D eigenvalue weighted by atomic mass is 32.3. The van der Waals surface area contributed by atoms with E-state index in [0.29, 0.717) is 48.9 Å². The van der Waals surface area contributed by atoms with Crippen LogP contribution in [-0.2, 0) is 29.2 Å². The van der Waals surface area contributed by atoms with Crippen molar-refractivity contribution in [3.8, 4) is 0 Å². The zero-order valence-corrected chi connectivity index (χ0v) is 24.6. The van der Waals surface area contributed by atoms with Crippen LogP contribution in [0.4, 0.5) is 0 Å². The third kappa shape index (κ3) is 6.14. The molecular weight excluding hydrogens is 516 g/mol. The van der Waals surface area contributed by atoms with Crippen LogP contribution in [-0.4, -0.2) is 38.1 Å². The molecule has 0 aromatic heterocycles. The van der Waals surface area contributed by atoms with E-state index in [4.69, 9.17) is 12.9 Å². The van der Waals surface area contributed by atoms with Crippen LogP contribution in [0.15, 0.2) is 11.6 Å². The van der Waals surface area contributed by atoms with Gasteiger partial charge in [0.2, 0.25) is 0 Å². The Morgan fingerprint density at radius 3 is 2.27 bits per heavy atom. The van der Waals surface area contributed by atoms with Gasteiger partial charge in [0.25, 0.3) is 0 Å². The Hall–Kier alpha value is -0.520. The first-order valence-electron chi connectivity index (χ1n) is 14.0. The molecule has 2 N–H and O–H groups in total. The van der Waals surface area contributed by atoms with Crippen LogP contribution in [0.25, 0.3) is 0 Å². The van der Waals surface area contributed by atoms with Crippen molar-refractivity contribution < 1.29 is 34.3 Å². The molecule has 214 valence electrons. The summed E-state index contributed by atoms with van der Waals surface area (Å²) in [5.41, 5.74) is 1.62. The van der Waals surface area contributed by atoms with Crippen molar-refractivity contribution in [2.24, 2.45) is 46.3 Å². The van der Waals surface area contributed by atoms with Crippen molar-refractivity contribution in [2.45, 2.75) is 111 Å². The van der Waals surface area contributed by atoms with Gasteiger partial charge >= 0.3 is 20.8 Å². The first-order chi connectivity index (χ1) is 17.0. The second-order valence-electron chi connectivity index (χ2n) is 13.2. The third-order valence-corrected chi connectivity index (χ3v) is 12.0. The molecule has 9 atom stereocenters. The first kappa shape index (κ1) is 29.5. The van der Waals surface area contributed by atoms with Crippen LogP contribution in [0.5, 0.6) is 0 Å². The van der Waals surface area contributed by atoms with Gasteiger partial charge in [-0.15, -0.1) is 0 Å². The summed E-state index contributed by atoms with van der Waals surface area (Å²) < 4.78 is 73.4. The number of rotatable bonds is 9. The number of hydrogen-bond acceptors (Lipinski definition) is 6. The molecule has 0 radical (unpaired) electrons. The molecule has 3 saturated carbocycles. The van der Waals surface area contributed by atoms with Gasteiger partial charge in [0.1, 0.15) is 0 Å². The summed E-state index contributed by atoms with van der Waals surface area (Å²) in [7, 11) is -8.90. The minimum Gasteiger partial charge on any atom is -0.264 e. The maximum absolute atomic E-state index is 11.3. The highest BCUT2D eigenvalue weighted by Gasteiger charge is 2.59. The SMILES string of the molecule is CC(C)C(CC[C@@H](C)C1CCC2C3CC=C4C[C@@H](OS(=O)(=O)O)CC[C@]4(C)C3CCC21C)OS(=O)(=O)O. The van der Waals surface area contributed by atoms with E-state index in [-0.39, 0.29) is 16.7 Å². The minimum atomic E-state index is -4.46. The Morgan fingerprint density at radius 1 is 0.946 bits per heavy atom. The lowest BCUT2D eigenvalue weighted by Gasteiger charge is -2.58. The summed E-state index contributed by atoms with van der Waals surface area (Å²) in [6.07, 6.45) is 10.7. The zero-order chi connectivity index (χ0) is 27.4. The van der Waals surface area contributed by atoms with Crippen molar-refractivity contribution in [3.63, 3.8) is 0 Å². The highest BCUT2D eigenvalue weighted by Crippen LogP contribution is 2.67. The van der Waals surface area contributed by atoms with Crippen molar-refractivity contribution >= 4 is 20.8 Å². The summed E-state index contributed by atoms with van der Waals surface area (Å²) in [5.74, 6) is 2.87. The molecule has 10 heteroatoms. The molecule has 0 amide bonds. The molecule has 0 saturated heterocycles. The Bertz CT molecular complexity index is 1080. The van der Waals surface area contributed by atoms with E-state index >= 15 is 0 Å². The number of fused-ring (bicyclic) bond motifs is 5. The molecule has 0 aromatic carbocycles. The maximum atomic E-state index is 11.3. The normalized spacial score (nSPS) is 39.9. The van der Waals surface area contributed by atoms with E-state index in [0.717, 1.165) is 19.3 Å². The van der Waals surface area contributed by atoms with Crippen molar-refractivity contribution in [3.05, 3.63) is 11.6 Å². The first-order valence-corrected chi connectivity index (χ1v) is 16.8. The molecule has 0 aromatic rings. The minimum absolute atomic E-state index is 0.00146. The number of hydrogen-bond donors (Lipinski definition) is 2. The van der Waals surface area contributed by atoms with E-state index in [1.54, 1.807) is 0 Å². The fourth-order valence-corrected chi connectivity index (χ4v) is 10.3. The lowest BCUT2D eigenvalue weighted by molar-refractivity contribution is -0.0566. The molecule has 6 unspecified atom stereocenters. The van der Waals surface area contributed by atoms with Crippen LogP contribution in [0.1, 0.15) is 98.8 Å². The van der Waals surface area contributed by atoms with E-state index in [9.17, 15) is 21.4 Å². The van der Waals surface area contributed by atoms with Gasteiger partial charge in [-0.3, -0.25) is 9.11 Å². The molecule has 0 bridgehead atoms. The molecule has 4 aliphatic carbocycles. The van der Waals surface area contributed by atoms with E-state index in [1.807, 2.05) is 13.8 Å². The van der Waals surface area contributed by atoms with E-state index in [1.165, 1.54) is 31.3 Å². The molecule has 37 heavy (non-hydrogen) atoms. The highest BCUT2D eigenvalue weighted by molar-refractivity contribution is 7.81. The van der Waals surface area contributed by atoms with Gasteiger partial charge < -0.3 is 0 Å². The Labute approximate surface area is 223 Å². The summed E-state index contributed by atoms with van der Waals surface area (Å²) in [6, 6.07) is 0. The molecule has 4 aliphatic rings. The Morgan fingerprint density at radius 2 is 1.65 bits per heavy atom. The topological polar surface area (TPSA) is 127 Å². The van der Waals surface area contributed by atoms with Gasteiger partial charge in [-0.2, -0.15) is 16.8 Å². The molecule has 8 nitrogen and oxygen atoms in total. The van der Waals surface area contributed by atoms with Gasteiger partial charge in [0.05, 0.1) is 12.2 Å². The summed E-state index contributed by atoms with van der Waals surface area (Å²) in [4.78, 5) is 0. The lowest BCUT2D eigenvalue weighted by Crippen LogP contribution is -2.51. The summed E-state index contributed by atoms with van der Waals surface area (Å²) in [6.45, 7) is 11.0. The average molecular weight is 563 g/mol. The second-order valence-corrected chi connectivity index (χ2v) is 15.3. The lowest BCUT2D eigenvalue weighted by atomic mass is 9.47. The van der Waals surface area contributed by atoms with Crippen molar-refractivity contribution in [1.29, 1.82) is 0 Å². The standard InChI is InChI=1S/C27H46O8S2/c1-17(2)25(35-37(31,32)33)11-6-18(3)22-9-10-23-21-8-7-19-16-20(34-36(28,29)30)12-14-26(19,4)24(21)13-15-27(22,23)5/h7,17-18,20-25H,6,8-16H2,1-5H3,(H,28,29,30)(H,31,32,33)/t18-,20+,21?,22?,23?,24?,25?,26+,27?/m1/s1. The van der Waals surface area contributed by atoms with Crippen LogP contribution < -0.4 is 0 Å². The molecular formula is C27H46O8S2. The van der Waals surface area contributed by atoms with Gasteiger partial charge in [0.15, 0.2) is 0 Å². The molecule has 4 rings (SSSR count). The van der Waals surface area contributed by atoms with Gasteiger partial charge in [-0.05, 0) is 111 Å². The van der Waals surface area contributed by atoms with E-state index < -0.39 is 33.0 Å². The fourth-order valence-electron chi connectivity index (χ4n) is 9.13. The van der Waals surface area contributed by atoms with Crippen molar-refractivity contribution in [2.75, 3.05) is 0 Å². The average Bonchev–Trinajstić information content (AvgIpc) is 3.12. The largest absolute Gasteiger partial charge is 0.397 e. The van der Waals surface area contributed by atoms with Crippen LogP contribution in [0.3, 0.4) is 0 Å². The summed E-state index contributed by atoms with van der Waals surface area (Å²) >= 11 is 0. The molecule has 0 spiro atoms. The van der Waals surface area contributed by atoms with Crippen molar-refractivity contribution in [1.82, 2.24) is 0 Å². The Kier molecular flexibility index (Phi) is 8.34. The van der Waals surface area contributed by atoms with Crippen LogP contribution >= 0.6 is 0 Å². The third-order valence-electron chi connectivity index (χ3n) is 11.0. The van der Waals surface area contributed by atoms with Gasteiger partial charge in [0, 0.05) is 0 Å². The van der Waals surface area contributed by atoms with E-state index in [2.05, 4.69) is 26.8 Å². The molecule has 0 aliphatic heterocycles. The van der Waals surface area contributed by atoms with Crippen LogP contribution in [0, 0.1) is 46.3 Å². The van der Waals surface area contributed by atoms with Gasteiger partial charge in [-0.25, -0.2) is 8.37 Å². The number of allylic oxidation sites excluding steroid dienone is 1.